The Bertz CT molecular complexity index is 1910. The van der Waals surface area contributed by atoms with Crippen LogP contribution in [0.1, 0.15) is 76.0 Å². The van der Waals surface area contributed by atoms with Gasteiger partial charge in [-0.25, -0.2) is 0 Å². The van der Waals surface area contributed by atoms with Crippen LogP contribution >= 0.6 is 0 Å². The quantitative estimate of drug-likeness (QED) is 0.127. The van der Waals surface area contributed by atoms with Gasteiger partial charge in [0.2, 0.25) is 5.91 Å². The summed E-state index contributed by atoms with van der Waals surface area (Å²) in [4.78, 5) is 39.0. The summed E-state index contributed by atoms with van der Waals surface area (Å²) in [5, 5.41) is 47.3. The van der Waals surface area contributed by atoms with E-state index in [0.717, 1.165) is 41.9 Å². The minimum atomic E-state index is -0.920. The highest BCUT2D eigenvalue weighted by molar-refractivity contribution is 5.97. The van der Waals surface area contributed by atoms with Crippen molar-refractivity contribution in [2.24, 2.45) is 29.1 Å². The minimum absolute atomic E-state index is 0.0198. The zero-order chi connectivity index (χ0) is 42.8. The molecule has 0 radical (unpaired) electrons. The van der Waals surface area contributed by atoms with Crippen LogP contribution in [0, 0.1) is 29.1 Å². The molecule has 1 aromatic heterocycles. The Balaban J connectivity index is 1.28. The van der Waals surface area contributed by atoms with Crippen molar-refractivity contribution in [2.75, 3.05) is 52.3 Å². The number of hydroxylamine groups is 2. The lowest BCUT2D eigenvalue weighted by molar-refractivity contribution is -0.183. The predicted molar refractivity (Wildman–Crippen MR) is 225 cm³/mol. The molecule has 1 saturated heterocycles. The van der Waals surface area contributed by atoms with Crippen LogP contribution in [0.2, 0.25) is 0 Å². The summed E-state index contributed by atoms with van der Waals surface area (Å²) in [7, 11) is 5.44. The average molecular weight is 819 g/mol. The Morgan fingerprint density at radius 3 is 2.46 bits per heavy atom. The summed E-state index contributed by atoms with van der Waals surface area (Å²) in [6.45, 7) is 14.8. The molecule has 0 spiro atoms. The predicted octanol–water partition coefficient (Wildman–Crippen LogP) is 3.31. The first-order valence-electron chi connectivity index (χ1n) is 21.2. The number of aliphatic hydroxyl groups is 3. The zero-order valence-corrected chi connectivity index (χ0v) is 36.3. The third-order valence-electron chi connectivity index (χ3n) is 13.6. The number of rotatable bonds is 18. The van der Waals surface area contributed by atoms with Gasteiger partial charge in [0.05, 0.1) is 51.8 Å². The van der Waals surface area contributed by atoms with Gasteiger partial charge in [-0.15, -0.1) is 5.10 Å². The fourth-order valence-corrected chi connectivity index (χ4v) is 9.92. The second kappa shape index (κ2) is 18.7. The van der Waals surface area contributed by atoms with Gasteiger partial charge in [0, 0.05) is 55.0 Å². The third-order valence-corrected chi connectivity index (χ3v) is 13.6. The van der Waals surface area contributed by atoms with Crippen LogP contribution < -0.4 is 20.3 Å². The molecule has 324 valence electrons. The molecular weight excluding hydrogens is 753 g/mol. The van der Waals surface area contributed by atoms with Crippen molar-refractivity contribution in [1.29, 1.82) is 0 Å². The zero-order valence-electron chi connectivity index (χ0n) is 36.3. The first kappa shape index (κ1) is 44.4. The van der Waals surface area contributed by atoms with Crippen LogP contribution in [-0.2, 0) is 29.3 Å². The highest BCUT2D eigenvalue weighted by Gasteiger charge is 2.57. The first-order chi connectivity index (χ1) is 28.1. The van der Waals surface area contributed by atoms with E-state index in [1.165, 1.54) is 6.42 Å². The van der Waals surface area contributed by atoms with Gasteiger partial charge in [-0.05, 0) is 79.8 Å². The molecule has 1 aliphatic heterocycles. The summed E-state index contributed by atoms with van der Waals surface area (Å²) in [5.41, 5.74) is 4.22. The number of likely N-dealkylation sites (N-methyl/N-ethyl adjacent to an activating group) is 1. The minimum Gasteiger partial charge on any atom is -0.496 e. The number of nitrogens with zero attached hydrogens (tertiary/aromatic N) is 6. The van der Waals surface area contributed by atoms with Crippen LogP contribution in [0.25, 0.3) is 11.1 Å². The lowest BCUT2D eigenvalue weighted by atomic mass is 9.45. The van der Waals surface area contributed by atoms with E-state index in [-0.39, 0.29) is 49.1 Å². The number of fused-ring (bicyclic) bond motifs is 2. The Morgan fingerprint density at radius 1 is 1.12 bits per heavy atom. The number of nitrogens with one attached hydrogen (secondary N) is 2. The van der Waals surface area contributed by atoms with E-state index in [1.54, 1.807) is 30.0 Å². The number of hydrogen-bond donors (Lipinski definition) is 5. The van der Waals surface area contributed by atoms with Crippen molar-refractivity contribution < 1.29 is 34.5 Å². The number of benzene rings is 2. The summed E-state index contributed by atoms with van der Waals surface area (Å²) >= 11 is 0. The van der Waals surface area contributed by atoms with Gasteiger partial charge in [-0.3, -0.25) is 19.1 Å². The first-order valence-corrected chi connectivity index (χ1v) is 21.2. The Labute approximate surface area is 349 Å². The van der Waals surface area contributed by atoms with Crippen molar-refractivity contribution in [3.05, 3.63) is 59.4 Å². The maximum Gasteiger partial charge on any atom is 0.251 e. The number of hydrogen-bond acceptors (Lipinski definition) is 12. The summed E-state index contributed by atoms with van der Waals surface area (Å²) in [6, 6.07) is 10.3. The summed E-state index contributed by atoms with van der Waals surface area (Å²) in [5.74, 6) is 0.828. The molecule has 0 unspecified atom stereocenters. The number of ether oxygens (including phenoxy) is 1. The summed E-state index contributed by atoms with van der Waals surface area (Å²) < 4.78 is 7.75. The smallest absolute Gasteiger partial charge is 0.251 e. The van der Waals surface area contributed by atoms with Gasteiger partial charge in [-0.1, -0.05) is 58.0 Å². The molecule has 3 aromatic rings. The second-order valence-corrected chi connectivity index (χ2v) is 17.6. The average Bonchev–Trinajstić information content (AvgIpc) is 3.84. The van der Waals surface area contributed by atoms with Gasteiger partial charge >= 0.3 is 0 Å². The maximum atomic E-state index is 14.3. The molecule has 2 bridgehead atoms. The molecule has 4 fully saturated rings. The van der Waals surface area contributed by atoms with Crippen molar-refractivity contribution >= 4 is 17.5 Å². The molecule has 3 saturated carbocycles. The molecule has 59 heavy (non-hydrogen) atoms. The van der Waals surface area contributed by atoms with Crippen molar-refractivity contribution in [2.45, 2.75) is 104 Å². The van der Waals surface area contributed by atoms with Crippen LogP contribution in [0.5, 0.6) is 5.75 Å². The van der Waals surface area contributed by atoms with E-state index >= 15 is 0 Å². The van der Waals surface area contributed by atoms with Crippen LogP contribution in [0.15, 0.2) is 42.6 Å². The monoisotopic (exact) mass is 819 g/mol. The number of aliphatic hydroxyl groups excluding tert-OH is 3. The van der Waals surface area contributed by atoms with Crippen LogP contribution in [-0.4, -0.2) is 130 Å². The third kappa shape index (κ3) is 9.30. The number of aromatic nitrogens is 3. The van der Waals surface area contributed by atoms with Gasteiger partial charge in [-0.2, -0.15) is 5.06 Å². The molecule has 4 aliphatic rings. The number of amides is 2. The highest BCUT2D eigenvalue weighted by atomic mass is 16.7. The Hall–Kier alpha value is -4.12. The molecule has 9 atom stereocenters. The fourth-order valence-electron chi connectivity index (χ4n) is 9.92. The van der Waals surface area contributed by atoms with Gasteiger partial charge < -0.3 is 40.5 Å². The maximum absolute atomic E-state index is 14.3. The topological polar surface area (TPSA) is 178 Å². The molecule has 3 aliphatic carbocycles. The molecule has 5 N–H and O–H groups in total. The molecular formula is C44H66N8O7. The lowest BCUT2D eigenvalue weighted by Crippen LogP contribution is -2.62. The van der Waals surface area contributed by atoms with E-state index < -0.39 is 24.2 Å². The second-order valence-electron chi connectivity index (χ2n) is 17.6. The van der Waals surface area contributed by atoms with Crippen LogP contribution in [0.4, 0.5) is 5.69 Å². The number of para-hydroxylation sites is 1. The van der Waals surface area contributed by atoms with Crippen molar-refractivity contribution in [1.82, 2.24) is 35.6 Å². The van der Waals surface area contributed by atoms with Crippen LogP contribution in [0.3, 0.4) is 0 Å². The Kier molecular flexibility index (Phi) is 14.0. The number of carbonyl (C=O) groups excluding carboxylic acids is 2. The lowest BCUT2D eigenvalue weighted by Gasteiger charge is -2.62. The van der Waals surface area contributed by atoms with E-state index in [0.29, 0.717) is 47.9 Å². The van der Waals surface area contributed by atoms with E-state index in [4.69, 9.17) is 9.57 Å². The fraction of sp³-hybridized carbons (Fsp3) is 0.636. The van der Waals surface area contributed by atoms with Gasteiger partial charge in [0.25, 0.3) is 5.91 Å². The molecule has 15 heteroatoms. The molecule has 2 heterocycles. The van der Waals surface area contributed by atoms with E-state index in [1.807, 2.05) is 55.4 Å². The standard InChI is InChI=1S/C44H66N8O7/c1-10-50(11-2)21-32(22-51-23-33(24-53)47-48-51)45-42(56)30-15-29(16-34(17-30)49(7)8)35-14-12-13-28(41(35)58-9)20-52-40(39(27(4)55)38(25-54)59-52)43(57)46-37-19-31-18-36(26(37)3)44(31,5)6/h12-17,23,26-27,31-32,36-40,53-55H,10-11,18-22,24-25H2,1-9H3,(H,45,56)(H,46,57)/t26-,27-,31+,32-,36-,37-,38-,39+,40-/m0/s1. The van der Waals surface area contributed by atoms with Gasteiger partial charge in [0.15, 0.2) is 0 Å². The van der Waals surface area contributed by atoms with E-state index in [2.05, 4.69) is 60.5 Å². The number of carbonyl (C=O) groups is 2. The largest absolute Gasteiger partial charge is 0.496 e. The molecule has 7 rings (SSSR count). The molecule has 15 nitrogen and oxygen atoms in total. The number of anilines is 1. The normalized spacial score (nSPS) is 25.9. The van der Waals surface area contributed by atoms with Crippen molar-refractivity contribution in [3.63, 3.8) is 0 Å². The number of methoxy groups -OCH3 is 1. The molecule has 2 aromatic carbocycles. The van der Waals surface area contributed by atoms with E-state index in [9.17, 15) is 24.9 Å². The Morgan fingerprint density at radius 2 is 1.86 bits per heavy atom. The SMILES string of the molecule is CCN(CC)C[C@@H](Cn1cc(CO)nn1)NC(=O)c1cc(-c2cccc(CN3O[C@@H](CO)[C@@H]([C@H](C)O)[C@H]3C(=O)N[C@H]3C[C@H]4C[C@@H]([C@@H]3C)C4(C)C)c2OC)cc(N(C)C)c1. The summed E-state index contributed by atoms with van der Waals surface area (Å²) in [6.07, 6.45) is 2.09. The highest BCUT2D eigenvalue weighted by Crippen LogP contribution is 2.61. The van der Waals surface area contributed by atoms with Crippen molar-refractivity contribution in [3.8, 4) is 16.9 Å². The molecule has 2 amide bonds. The van der Waals surface area contributed by atoms with Gasteiger partial charge in [0.1, 0.15) is 23.6 Å².